The van der Waals surface area contributed by atoms with Gasteiger partial charge in [-0.25, -0.2) is 0 Å². The summed E-state index contributed by atoms with van der Waals surface area (Å²) in [4.78, 5) is 0. The van der Waals surface area contributed by atoms with Crippen LogP contribution in [0.15, 0.2) is 0 Å². The minimum absolute atomic E-state index is 0. The van der Waals surface area contributed by atoms with Crippen LogP contribution in [0.4, 0.5) is 0 Å². The molecule has 0 aromatic heterocycles. The molecule has 1 aliphatic heterocycles. The van der Waals surface area contributed by atoms with E-state index in [4.69, 9.17) is 4.74 Å². The van der Waals surface area contributed by atoms with Crippen LogP contribution in [0.3, 0.4) is 0 Å². The Morgan fingerprint density at radius 2 is 1.50 bits per heavy atom. The number of ether oxygens (including phenoxy) is 1. The van der Waals surface area contributed by atoms with Crippen molar-refractivity contribution in [2.45, 2.75) is 45.4 Å². The maximum Gasteiger partial charge on any atom is 0.102 e. The molecule has 1 heterocycles. The summed E-state index contributed by atoms with van der Waals surface area (Å²) in [6, 6.07) is 0. The Bertz CT molecular complexity index is 158. The quantitative estimate of drug-likeness (QED) is 0.355. The molecular formula is C13H28INO. The predicted molar refractivity (Wildman–Crippen MR) is 65.0 cm³/mol. The van der Waals surface area contributed by atoms with Crippen molar-refractivity contribution in [1.29, 1.82) is 0 Å². The molecule has 0 atom stereocenters. The van der Waals surface area contributed by atoms with Crippen molar-refractivity contribution in [1.82, 2.24) is 0 Å². The highest BCUT2D eigenvalue weighted by molar-refractivity contribution is 4.49. The Balaban J connectivity index is 0.00000225. The maximum atomic E-state index is 5.41. The second-order valence-electron chi connectivity index (χ2n) is 5.17. The SMILES string of the molecule is CCCCCCCC[N+]1(C)CCOCC1.[I-]. The lowest BCUT2D eigenvalue weighted by molar-refractivity contribution is -0.917. The lowest BCUT2D eigenvalue weighted by Gasteiger charge is -2.37. The van der Waals surface area contributed by atoms with E-state index in [1.54, 1.807) is 0 Å². The normalized spacial score (nSPS) is 19.1. The van der Waals surface area contributed by atoms with Crippen LogP contribution >= 0.6 is 0 Å². The highest BCUT2D eigenvalue weighted by atomic mass is 127. The van der Waals surface area contributed by atoms with Crippen LogP contribution in [0.25, 0.3) is 0 Å². The summed E-state index contributed by atoms with van der Waals surface area (Å²) in [5.74, 6) is 0. The Morgan fingerprint density at radius 3 is 2.12 bits per heavy atom. The van der Waals surface area contributed by atoms with Gasteiger partial charge >= 0.3 is 0 Å². The zero-order valence-electron chi connectivity index (χ0n) is 11.0. The van der Waals surface area contributed by atoms with Crippen molar-refractivity contribution in [3.05, 3.63) is 0 Å². The molecule has 16 heavy (non-hydrogen) atoms. The molecule has 0 aromatic rings. The van der Waals surface area contributed by atoms with Crippen LogP contribution in [0, 0.1) is 0 Å². The number of unbranched alkanes of at least 4 members (excludes halogenated alkanes) is 5. The largest absolute Gasteiger partial charge is 1.00 e. The van der Waals surface area contributed by atoms with Gasteiger partial charge in [0, 0.05) is 0 Å². The number of hydrogen-bond donors (Lipinski definition) is 0. The van der Waals surface area contributed by atoms with E-state index in [0.29, 0.717) is 0 Å². The molecule has 1 saturated heterocycles. The molecule has 3 heteroatoms. The number of morpholine rings is 1. The minimum atomic E-state index is 0. The number of hydrogen-bond acceptors (Lipinski definition) is 1. The summed E-state index contributed by atoms with van der Waals surface area (Å²) in [5.41, 5.74) is 0. The second kappa shape index (κ2) is 9.66. The van der Waals surface area contributed by atoms with E-state index in [0.717, 1.165) is 13.2 Å². The Labute approximate surface area is 118 Å². The lowest BCUT2D eigenvalue weighted by Crippen LogP contribution is -3.00. The molecule has 0 aliphatic carbocycles. The average molecular weight is 341 g/mol. The fraction of sp³-hybridized carbons (Fsp3) is 1.00. The number of halogens is 1. The molecule has 0 N–H and O–H groups in total. The van der Waals surface area contributed by atoms with E-state index in [1.807, 2.05) is 0 Å². The Morgan fingerprint density at radius 1 is 0.938 bits per heavy atom. The molecule has 2 nitrogen and oxygen atoms in total. The summed E-state index contributed by atoms with van der Waals surface area (Å²) in [6.07, 6.45) is 8.47. The standard InChI is InChI=1S/C13H28NO.HI/c1-3-4-5-6-7-8-9-14(2)10-12-15-13-11-14;/h3-13H2,1-2H3;1H/q+1;/p-1. The topological polar surface area (TPSA) is 9.23 Å². The monoisotopic (exact) mass is 341 g/mol. The van der Waals surface area contributed by atoms with Gasteiger partial charge in [0.05, 0.1) is 26.8 Å². The highest BCUT2D eigenvalue weighted by Gasteiger charge is 2.23. The third kappa shape index (κ3) is 7.07. The molecule has 1 fully saturated rings. The van der Waals surface area contributed by atoms with Crippen molar-refractivity contribution in [3.63, 3.8) is 0 Å². The minimum Gasteiger partial charge on any atom is -1.00 e. The van der Waals surface area contributed by atoms with Crippen molar-refractivity contribution < 1.29 is 33.2 Å². The number of nitrogens with zero attached hydrogens (tertiary/aromatic N) is 1. The fourth-order valence-corrected chi connectivity index (χ4v) is 2.28. The molecule has 98 valence electrons. The van der Waals surface area contributed by atoms with Gasteiger partial charge in [0.2, 0.25) is 0 Å². The zero-order chi connectivity index (χ0) is 11.0. The summed E-state index contributed by atoms with van der Waals surface area (Å²) in [6.45, 7) is 8.00. The van der Waals surface area contributed by atoms with Crippen molar-refractivity contribution >= 4 is 0 Å². The molecule has 0 radical (unpaired) electrons. The Kier molecular flexibility index (Phi) is 10.0. The van der Waals surface area contributed by atoms with Gasteiger partial charge in [-0.3, -0.25) is 0 Å². The molecule has 0 spiro atoms. The third-order valence-electron chi connectivity index (χ3n) is 3.60. The third-order valence-corrected chi connectivity index (χ3v) is 3.60. The Hall–Kier alpha value is 0.650. The van der Waals surface area contributed by atoms with Gasteiger partial charge in [-0.15, -0.1) is 0 Å². The fourth-order valence-electron chi connectivity index (χ4n) is 2.28. The van der Waals surface area contributed by atoms with Crippen LogP contribution in [0.2, 0.25) is 0 Å². The molecule has 1 rings (SSSR count). The first kappa shape index (κ1) is 16.6. The first-order valence-electron chi connectivity index (χ1n) is 6.68. The average Bonchev–Trinajstić information content (AvgIpc) is 2.24. The van der Waals surface area contributed by atoms with Crippen LogP contribution < -0.4 is 24.0 Å². The van der Waals surface area contributed by atoms with E-state index < -0.39 is 0 Å². The van der Waals surface area contributed by atoms with Crippen molar-refractivity contribution in [2.24, 2.45) is 0 Å². The van der Waals surface area contributed by atoms with Gasteiger partial charge in [-0.2, -0.15) is 0 Å². The summed E-state index contributed by atoms with van der Waals surface area (Å²) < 4.78 is 6.65. The van der Waals surface area contributed by atoms with E-state index in [2.05, 4.69) is 14.0 Å². The highest BCUT2D eigenvalue weighted by Crippen LogP contribution is 2.12. The van der Waals surface area contributed by atoms with Gasteiger partial charge in [0.1, 0.15) is 13.1 Å². The van der Waals surface area contributed by atoms with E-state index in [-0.39, 0.29) is 24.0 Å². The van der Waals surface area contributed by atoms with E-state index >= 15 is 0 Å². The van der Waals surface area contributed by atoms with Gasteiger partial charge in [0.25, 0.3) is 0 Å². The smallest absolute Gasteiger partial charge is 0.102 e. The molecule has 0 bridgehead atoms. The van der Waals surface area contributed by atoms with Crippen LogP contribution in [0.1, 0.15) is 45.4 Å². The van der Waals surface area contributed by atoms with E-state index in [9.17, 15) is 0 Å². The summed E-state index contributed by atoms with van der Waals surface area (Å²) in [7, 11) is 2.38. The first-order chi connectivity index (χ1) is 7.27. The number of likely N-dealkylation sites (N-methyl/N-ethyl adjacent to an activating group) is 1. The lowest BCUT2D eigenvalue weighted by atomic mass is 10.1. The van der Waals surface area contributed by atoms with Crippen LogP contribution in [-0.4, -0.2) is 44.4 Å². The van der Waals surface area contributed by atoms with Crippen LogP contribution in [0.5, 0.6) is 0 Å². The molecule has 1 aliphatic rings. The molecular weight excluding hydrogens is 313 g/mol. The van der Waals surface area contributed by atoms with Gasteiger partial charge in [-0.05, 0) is 12.8 Å². The summed E-state index contributed by atoms with van der Waals surface area (Å²) in [5, 5.41) is 0. The predicted octanol–water partition coefficient (Wildman–Crippen LogP) is -0.172. The van der Waals surface area contributed by atoms with Crippen molar-refractivity contribution in [2.75, 3.05) is 39.9 Å². The molecule has 0 saturated carbocycles. The van der Waals surface area contributed by atoms with Gasteiger partial charge < -0.3 is 33.2 Å². The van der Waals surface area contributed by atoms with Crippen LogP contribution in [-0.2, 0) is 4.74 Å². The van der Waals surface area contributed by atoms with Crippen molar-refractivity contribution in [3.8, 4) is 0 Å². The molecule has 0 aromatic carbocycles. The maximum absolute atomic E-state index is 5.41. The number of quaternary nitrogens is 1. The van der Waals surface area contributed by atoms with Gasteiger partial charge in [-0.1, -0.05) is 32.6 Å². The zero-order valence-corrected chi connectivity index (χ0v) is 13.2. The molecule has 0 amide bonds. The van der Waals surface area contributed by atoms with E-state index in [1.165, 1.54) is 62.6 Å². The summed E-state index contributed by atoms with van der Waals surface area (Å²) >= 11 is 0. The number of rotatable bonds is 7. The molecule has 0 unspecified atom stereocenters. The second-order valence-corrected chi connectivity index (χ2v) is 5.17. The first-order valence-corrected chi connectivity index (χ1v) is 6.68. The van der Waals surface area contributed by atoms with Gasteiger partial charge in [0.15, 0.2) is 0 Å².